The van der Waals surface area contributed by atoms with E-state index in [0.29, 0.717) is 5.92 Å². The van der Waals surface area contributed by atoms with Crippen molar-refractivity contribution in [2.24, 2.45) is 11.8 Å². The molecule has 0 aromatic heterocycles. The van der Waals surface area contributed by atoms with E-state index in [1.165, 1.54) is 25.7 Å². The molecule has 0 aromatic carbocycles. The Bertz CT molecular complexity index is 284. The Morgan fingerprint density at radius 2 is 2.11 bits per heavy atom. The average molecular weight is 252 g/mol. The highest BCUT2D eigenvalue weighted by molar-refractivity contribution is 5.86. The highest BCUT2D eigenvalue weighted by atomic mass is 16.2. The van der Waals surface area contributed by atoms with Crippen molar-refractivity contribution in [2.45, 2.75) is 64.3 Å². The molecule has 1 saturated heterocycles. The van der Waals surface area contributed by atoms with Crippen molar-refractivity contribution in [3.05, 3.63) is 0 Å². The van der Waals surface area contributed by atoms with E-state index >= 15 is 0 Å². The Morgan fingerprint density at radius 1 is 1.33 bits per heavy atom. The summed E-state index contributed by atoms with van der Waals surface area (Å²) in [4.78, 5) is 12.4. The Balaban J connectivity index is 1.83. The molecule has 2 N–H and O–H groups in total. The van der Waals surface area contributed by atoms with Crippen LogP contribution in [0.3, 0.4) is 0 Å². The first kappa shape index (κ1) is 13.9. The van der Waals surface area contributed by atoms with Crippen molar-refractivity contribution in [1.29, 1.82) is 0 Å². The van der Waals surface area contributed by atoms with Crippen LogP contribution < -0.4 is 10.6 Å². The maximum absolute atomic E-state index is 12.4. The van der Waals surface area contributed by atoms with Gasteiger partial charge in [-0.15, -0.1) is 0 Å². The van der Waals surface area contributed by atoms with E-state index in [1.807, 2.05) is 0 Å². The van der Waals surface area contributed by atoms with Crippen LogP contribution in [0.15, 0.2) is 0 Å². The van der Waals surface area contributed by atoms with E-state index in [2.05, 4.69) is 24.5 Å². The topological polar surface area (TPSA) is 41.1 Å². The minimum Gasteiger partial charge on any atom is -0.354 e. The van der Waals surface area contributed by atoms with E-state index in [9.17, 15) is 4.79 Å². The smallest absolute Gasteiger partial charge is 0.240 e. The molecule has 1 aliphatic carbocycles. The van der Waals surface area contributed by atoms with Gasteiger partial charge in [0.15, 0.2) is 0 Å². The molecule has 2 fully saturated rings. The molecule has 0 aromatic rings. The van der Waals surface area contributed by atoms with Crippen molar-refractivity contribution < 1.29 is 4.79 Å². The third kappa shape index (κ3) is 2.87. The van der Waals surface area contributed by atoms with Crippen LogP contribution in [0, 0.1) is 11.8 Å². The highest BCUT2D eigenvalue weighted by Gasteiger charge is 2.39. The van der Waals surface area contributed by atoms with Gasteiger partial charge in [-0.3, -0.25) is 4.79 Å². The van der Waals surface area contributed by atoms with Crippen LogP contribution in [-0.4, -0.2) is 24.5 Å². The molecule has 3 nitrogen and oxygen atoms in total. The minimum atomic E-state index is -0.266. The zero-order chi connectivity index (χ0) is 13.0. The maximum atomic E-state index is 12.4. The Morgan fingerprint density at radius 3 is 2.72 bits per heavy atom. The van der Waals surface area contributed by atoms with E-state index in [0.717, 1.165) is 38.3 Å². The third-order valence-electron chi connectivity index (χ3n) is 5.10. The van der Waals surface area contributed by atoms with Gasteiger partial charge in [-0.25, -0.2) is 0 Å². The van der Waals surface area contributed by atoms with E-state index in [1.54, 1.807) is 0 Å². The Labute approximate surface area is 111 Å². The molecule has 3 atom stereocenters. The number of hydrogen-bond donors (Lipinski definition) is 2. The van der Waals surface area contributed by atoms with Crippen LogP contribution in [0.1, 0.15) is 58.8 Å². The summed E-state index contributed by atoms with van der Waals surface area (Å²) >= 11 is 0. The van der Waals surface area contributed by atoms with Crippen LogP contribution >= 0.6 is 0 Å². The van der Waals surface area contributed by atoms with Gasteiger partial charge in [-0.05, 0) is 44.1 Å². The quantitative estimate of drug-likeness (QED) is 0.807. The fraction of sp³-hybridized carbons (Fsp3) is 0.933. The molecule has 1 amide bonds. The van der Waals surface area contributed by atoms with Crippen molar-refractivity contribution in [3.63, 3.8) is 0 Å². The highest BCUT2D eigenvalue weighted by Crippen LogP contribution is 2.29. The lowest BCUT2D eigenvalue weighted by Crippen LogP contribution is -2.54. The van der Waals surface area contributed by atoms with E-state index < -0.39 is 0 Å². The van der Waals surface area contributed by atoms with Crippen LogP contribution in [0.2, 0.25) is 0 Å². The molecule has 1 aliphatic heterocycles. The average Bonchev–Trinajstić information content (AvgIpc) is 2.87. The second kappa shape index (κ2) is 6.05. The molecule has 2 aliphatic rings. The van der Waals surface area contributed by atoms with Crippen LogP contribution in [0.5, 0.6) is 0 Å². The number of carbonyl (C=O) groups is 1. The molecule has 0 bridgehead atoms. The number of hydrogen-bond acceptors (Lipinski definition) is 2. The molecule has 0 radical (unpaired) electrons. The molecule has 2 rings (SSSR count). The molecule has 0 spiro atoms. The van der Waals surface area contributed by atoms with Gasteiger partial charge in [0.1, 0.15) is 0 Å². The summed E-state index contributed by atoms with van der Waals surface area (Å²) in [6, 6.07) is 0. The zero-order valence-corrected chi connectivity index (χ0v) is 11.9. The van der Waals surface area contributed by atoms with Crippen LogP contribution in [0.25, 0.3) is 0 Å². The Hall–Kier alpha value is -0.570. The summed E-state index contributed by atoms with van der Waals surface area (Å²) < 4.78 is 0. The van der Waals surface area contributed by atoms with Gasteiger partial charge in [-0.2, -0.15) is 0 Å². The van der Waals surface area contributed by atoms with Crippen LogP contribution in [-0.2, 0) is 4.79 Å². The fourth-order valence-electron chi connectivity index (χ4n) is 3.55. The molecular weight excluding hydrogens is 224 g/mol. The molecule has 3 unspecified atom stereocenters. The number of rotatable bonds is 4. The van der Waals surface area contributed by atoms with E-state index in [-0.39, 0.29) is 11.4 Å². The SMILES string of the molecule is CCC1(C(=O)NCC2CCCCC2C)CCCN1. The van der Waals surface area contributed by atoms with E-state index in [4.69, 9.17) is 0 Å². The molecular formula is C15H28N2O. The van der Waals surface area contributed by atoms with Gasteiger partial charge >= 0.3 is 0 Å². The monoisotopic (exact) mass is 252 g/mol. The van der Waals surface area contributed by atoms with Crippen molar-refractivity contribution in [2.75, 3.05) is 13.1 Å². The van der Waals surface area contributed by atoms with Crippen molar-refractivity contribution in [3.8, 4) is 0 Å². The summed E-state index contributed by atoms with van der Waals surface area (Å²) in [5.41, 5.74) is -0.266. The van der Waals surface area contributed by atoms with Gasteiger partial charge < -0.3 is 10.6 Å². The summed E-state index contributed by atoms with van der Waals surface area (Å²) in [5.74, 6) is 1.70. The first-order valence-electron chi connectivity index (χ1n) is 7.71. The predicted molar refractivity (Wildman–Crippen MR) is 74.4 cm³/mol. The van der Waals surface area contributed by atoms with Crippen molar-refractivity contribution in [1.82, 2.24) is 10.6 Å². The largest absolute Gasteiger partial charge is 0.354 e. The normalized spacial score (nSPS) is 36.6. The second-order valence-corrected chi connectivity index (χ2v) is 6.20. The first-order chi connectivity index (χ1) is 8.68. The molecule has 18 heavy (non-hydrogen) atoms. The third-order valence-corrected chi connectivity index (χ3v) is 5.10. The summed E-state index contributed by atoms with van der Waals surface area (Å²) in [7, 11) is 0. The zero-order valence-electron chi connectivity index (χ0n) is 11.9. The van der Waals surface area contributed by atoms with Gasteiger partial charge in [0.25, 0.3) is 0 Å². The summed E-state index contributed by atoms with van der Waals surface area (Å²) in [6.45, 7) is 6.31. The lowest BCUT2D eigenvalue weighted by atomic mass is 9.80. The molecule has 1 heterocycles. The lowest BCUT2D eigenvalue weighted by molar-refractivity contribution is -0.127. The Kier molecular flexibility index (Phi) is 4.66. The van der Waals surface area contributed by atoms with Crippen molar-refractivity contribution >= 4 is 5.91 Å². The number of carbonyl (C=O) groups excluding carboxylic acids is 1. The van der Waals surface area contributed by atoms with Gasteiger partial charge in [-0.1, -0.05) is 33.1 Å². The second-order valence-electron chi connectivity index (χ2n) is 6.20. The fourth-order valence-corrected chi connectivity index (χ4v) is 3.55. The molecule has 1 saturated carbocycles. The van der Waals surface area contributed by atoms with Gasteiger partial charge in [0.2, 0.25) is 5.91 Å². The summed E-state index contributed by atoms with van der Waals surface area (Å²) in [5, 5.41) is 6.62. The van der Waals surface area contributed by atoms with Gasteiger partial charge in [0.05, 0.1) is 5.54 Å². The lowest BCUT2D eigenvalue weighted by Gasteiger charge is -2.31. The summed E-state index contributed by atoms with van der Waals surface area (Å²) in [6.07, 6.45) is 8.34. The minimum absolute atomic E-state index is 0.236. The van der Waals surface area contributed by atoms with Crippen LogP contribution in [0.4, 0.5) is 0 Å². The predicted octanol–water partition coefficient (Wildman–Crippen LogP) is 2.46. The standard InChI is InChI=1S/C15H28N2O/c1-3-15(9-6-10-17-15)14(18)16-11-13-8-5-4-7-12(13)2/h12-13,17H,3-11H2,1-2H3,(H,16,18). The molecule has 104 valence electrons. The van der Waals surface area contributed by atoms with Gasteiger partial charge in [0, 0.05) is 6.54 Å². The maximum Gasteiger partial charge on any atom is 0.240 e. The molecule has 3 heteroatoms. The first-order valence-corrected chi connectivity index (χ1v) is 7.71. The number of nitrogens with one attached hydrogen (secondary N) is 2. The number of amides is 1.